The molecule has 0 nitrogen and oxygen atoms in total. The summed E-state index contributed by atoms with van der Waals surface area (Å²) in [6.45, 7) is 6.97. The topological polar surface area (TPSA) is 0 Å². The van der Waals surface area contributed by atoms with Crippen molar-refractivity contribution in [3.8, 4) is 0 Å². The minimum absolute atomic E-state index is 0. The Hall–Kier alpha value is 2.50. The van der Waals surface area contributed by atoms with Crippen molar-refractivity contribution in [1.29, 1.82) is 0 Å². The van der Waals surface area contributed by atoms with Crippen molar-refractivity contribution in [3.05, 3.63) is 0 Å². The third-order valence-corrected chi connectivity index (χ3v) is 5.20. The van der Waals surface area contributed by atoms with Gasteiger partial charge in [0.05, 0.1) is 0 Å². The van der Waals surface area contributed by atoms with Crippen molar-refractivity contribution in [2.45, 2.75) is 36.6 Å². The van der Waals surface area contributed by atoms with Gasteiger partial charge in [0.1, 0.15) is 0 Å². The van der Waals surface area contributed by atoms with Gasteiger partial charge in [-0.15, -0.1) is 0 Å². The van der Waals surface area contributed by atoms with E-state index in [0.717, 1.165) is 0 Å². The summed E-state index contributed by atoms with van der Waals surface area (Å²) in [7, 11) is 0. The van der Waals surface area contributed by atoms with Crippen LogP contribution in [0.5, 0.6) is 0 Å². The summed E-state index contributed by atoms with van der Waals surface area (Å²) in [4.78, 5) is 0. The van der Waals surface area contributed by atoms with Crippen molar-refractivity contribution in [2.24, 2.45) is 0 Å². The first-order valence-corrected chi connectivity index (χ1v) is 5.80. The van der Waals surface area contributed by atoms with Crippen LogP contribution in [0, 0.1) is 0 Å². The summed E-state index contributed by atoms with van der Waals surface area (Å²) < 4.78 is 0. The van der Waals surface area contributed by atoms with Gasteiger partial charge < -0.3 is 50.9 Å². The van der Waals surface area contributed by atoms with Crippen LogP contribution >= 0.6 is 0 Å². The molecule has 0 unspecified atom stereocenters. The molecule has 0 aromatic carbocycles. The second kappa shape index (κ2) is 22.9. The van der Waals surface area contributed by atoms with Crippen molar-refractivity contribution >= 4 is 31.5 Å². The smallest absolute Gasteiger partial charge is 1.00 e. The molecule has 0 aliphatic rings. The van der Waals surface area contributed by atoms with Crippen LogP contribution < -0.4 is 50.9 Å². The van der Waals surface area contributed by atoms with Gasteiger partial charge in [0.25, 0.3) is 14.1 Å². The van der Waals surface area contributed by atoms with Crippen molar-refractivity contribution in [3.63, 3.8) is 0 Å². The van der Waals surface area contributed by atoms with Crippen LogP contribution in [0.25, 0.3) is 0 Å². The van der Waals surface area contributed by atoms with Crippen LogP contribution in [-0.4, -0.2) is 31.5 Å². The number of rotatable bonds is 3. The Morgan fingerprint density at radius 1 is 0.727 bits per heavy atom. The maximum atomic E-state index is 2.32. The van der Waals surface area contributed by atoms with Gasteiger partial charge in [-0.2, -0.15) is 0 Å². The molecule has 0 aliphatic heterocycles. The molecule has 0 saturated carbocycles. The van der Waals surface area contributed by atoms with Crippen LogP contribution in [0.4, 0.5) is 0 Å². The Kier molecular flexibility index (Phi) is 60.7. The van der Waals surface area contributed by atoms with Gasteiger partial charge in [0, 0.05) is 0 Å². The molecule has 0 rings (SSSR count). The molecule has 0 N–H and O–H groups in total. The molecule has 0 fully saturated rings. The zero-order valence-electron chi connectivity index (χ0n) is 7.41. The van der Waals surface area contributed by atoms with Gasteiger partial charge in [-0.05, 0) is 0 Å². The van der Waals surface area contributed by atoms with Crippen molar-refractivity contribution in [2.75, 3.05) is 0 Å². The third kappa shape index (κ3) is 19.1. The summed E-state index contributed by atoms with van der Waals surface area (Å²) in [5.74, 6) is 0. The molecule has 0 aliphatic carbocycles. The summed E-state index contributed by atoms with van der Waals surface area (Å²) in [6, 6.07) is 0. The average Bonchev–Trinajstić information content (AvgIpc) is 1.72. The number of halogens is 3. The van der Waals surface area contributed by atoms with Gasteiger partial charge in [-0.3, -0.25) is 0 Å². The summed E-state index contributed by atoms with van der Waals surface area (Å²) in [6.07, 6.45) is 0. The number of hydrogen-bond donors (Lipinski definition) is 0. The predicted molar refractivity (Wildman–Crippen MR) is 43.0 cm³/mol. The molecule has 0 amide bonds. The first kappa shape index (κ1) is 29.2. The van der Waals surface area contributed by atoms with E-state index in [0.29, 0.717) is 0 Å². The average molecular weight is 381 g/mol. The monoisotopic (exact) mass is 378 g/mol. The first-order chi connectivity index (χ1) is 3.35. The van der Waals surface area contributed by atoms with Crippen molar-refractivity contribution in [1.82, 2.24) is 0 Å². The molecule has 0 saturated heterocycles. The van der Waals surface area contributed by atoms with E-state index in [4.69, 9.17) is 0 Å². The second-order valence-corrected chi connectivity index (χ2v) is 6.27. The Balaban J connectivity index is -0.0000000300. The SMILES string of the molecule is C[CH2][Al]([CH2]C)[CH2]C.[Al+3].[Br-].[Br-].[Br-]. The van der Waals surface area contributed by atoms with Crippen molar-refractivity contribution < 1.29 is 50.9 Å². The van der Waals surface area contributed by atoms with Crippen LogP contribution in [0.2, 0.25) is 15.8 Å². The molecular formula is C6H15Al2Br3. The quantitative estimate of drug-likeness (QED) is 0.427. The second-order valence-electron chi connectivity index (χ2n) is 2.09. The van der Waals surface area contributed by atoms with Gasteiger partial charge in [-0.25, -0.2) is 0 Å². The molecule has 0 atom stereocenters. The van der Waals surface area contributed by atoms with Gasteiger partial charge in [0.2, 0.25) is 0 Å². The Bertz CT molecular complexity index is 37.3. The van der Waals surface area contributed by atoms with Gasteiger partial charge in [0.15, 0.2) is 0 Å². The van der Waals surface area contributed by atoms with E-state index >= 15 is 0 Å². The molecular weight excluding hydrogens is 366 g/mol. The fourth-order valence-corrected chi connectivity index (χ4v) is 2.60. The maximum Gasteiger partial charge on any atom is 3.00 e. The fourth-order valence-electron chi connectivity index (χ4n) is 0.866. The fraction of sp³-hybridized carbons (Fsp3) is 1.00. The number of hydrogen-bond acceptors (Lipinski definition) is 0. The molecule has 0 heterocycles. The first-order valence-electron chi connectivity index (χ1n) is 3.35. The van der Waals surface area contributed by atoms with Crippen LogP contribution in [0.1, 0.15) is 20.8 Å². The molecule has 0 bridgehead atoms. The van der Waals surface area contributed by atoms with E-state index in [1.165, 1.54) is 15.8 Å². The normalized spacial score (nSPS) is 5.73. The summed E-state index contributed by atoms with van der Waals surface area (Å²) >= 11 is -0.171. The largest absolute Gasteiger partial charge is 3.00 e. The minimum Gasteiger partial charge on any atom is -1.00 e. The minimum atomic E-state index is -0.171. The summed E-state index contributed by atoms with van der Waals surface area (Å²) in [5.41, 5.74) is 0. The van der Waals surface area contributed by atoms with E-state index in [1.54, 1.807) is 0 Å². The molecule has 5 heteroatoms. The van der Waals surface area contributed by atoms with Gasteiger partial charge in [-0.1, -0.05) is 36.6 Å². The van der Waals surface area contributed by atoms with E-state index in [1.807, 2.05) is 0 Å². The zero-order valence-corrected chi connectivity index (χ0v) is 14.5. The Labute approximate surface area is 118 Å². The molecule has 0 aromatic heterocycles. The zero-order chi connectivity index (χ0) is 5.70. The maximum absolute atomic E-state index is 2.32. The predicted octanol–water partition coefficient (Wildman–Crippen LogP) is -6.83. The third-order valence-electron chi connectivity index (χ3n) is 1.73. The van der Waals surface area contributed by atoms with Crippen LogP contribution in [0.3, 0.4) is 0 Å². The summed E-state index contributed by atoms with van der Waals surface area (Å²) in [5, 5.41) is 4.48. The molecule has 66 valence electrons. The van der Waals surface area contributed by atoms with E-state index < -0.39 is 0 Å². The molecule has 0 radical (unpaired) electrons. The van der Waals surface area contributed by atoms with Crippen LogP contribution in [-0.2, 0) is 0 Å². The van der Waals surface area contributed by atoms with E-state index in [-0.39, 0.29) is 82.5 Å². The molecule has 11 heavy (non-hydrogen) atoms. The molecule has 0 aromatic rings. The molecule has 0 spiro atoms. The standard InChI is InChI=1S/3C2H5.2Al.3BrH/c3*1-2;;;;;/h3*1H2,2H3;;;3*1H/q;;;;+3;;;/p-3. The Morgan fingerprint density at radius 3 is 0.909 bits per heavy atom. The van der Waals surface area contributed by atoms with Crippen LogP contribution in [0.15, 0.2) is 0 Å². The Morgan fingerprint density at radius 2 is 0.909 bits per heavy atom. The van der Waals surface area contributed by atoms with E-state index in [9.17, 15) is 0 Å². The van der Waals surface area contributed by atoms with Gasteiger partial charge >= 0.3 is 17.4 Å². The van der Waals surface area contributed by atoms with E-state index in [2.05, 4.69) is 20.8 Å².